The van der Waals surface area contributed by atoms with Gasteiger partial charge in [-0.15, -0.1) is 0 Å². The van der Waals surface area contributed by atoms with Gasteiger partial charge < -0.3 is 5.32 Å². The molecule has 0 spiro atoms. The highest BCUT2D eigenvalue weighted by atomic mass is 16.1. The Labute approximate surface area is 188 Å². The lowest BCUT2D eigenvalue weighted by Crippen LogP contribution is -2.12. The van der Waals surface area contributed by atoms with Gasteiger partial charge in [0, 0.05) is 24.0 Å². The van der Waals surface area contributed by atoms with E-state index in [1.165, 1.54) is 0 Å². The van der Waals surface area contributed by atoms with Gasteiger partial charge in [0.15, 0.2) is 0 Å². The van der Waals surface area contributed by atoms with E-state index in [0.717, 1.165) is 39.6 Å². The molecule has 2 heterocycles. The fourth-order valence-corrected chi connectivity index (χ4v) is 3.70. The zero-order valence-electron chi connectivity index (χ0n) is 18.3. The molecule has 0 fully saturated rings. The van der Waals surface area contributed by atoms with Crippen molar-refractivity contribution in [3.63, 3.8) is 0 Å². The Morgan fingerprint density at radius 3 is 2.56 bits per heavy atom. The number of anilines is 1. The van der Waals surface area contributed by atoms with Crippen LogP contribution in [0.3, 0.4) is 0 Å². The maximum absolute atomic E-state index is 12.6. The van der Waals surface area contributed by atoms with Crippen LogP contribution < -0.4 is 5.32 Å². The molecule has 2 aromatic heterocycles. The van der Waals surface area contributed by atoms with Crippen LogP contribution >= 0.6 is 0 Å². The Balaban J connectivity index is 1.39. The summed E-state index contributed by atoms with van der Waals surface area (Å²) in [5, 5.41) is 7.68. The molecule has 0 radical (unpaired) electrons. The lowest BCUT2D eigenvalue weighted by atomic mass is 10.1. The molecule has 160 valence electrons. The summed E-state index contributed by atoms with van der Waals surface area (Å²) in [6.45, 7) is 4.05. The standard InChI is InChI=1S/C27H26N4O/c1-20-26(21(2)31(30-20)25-12-4-3-5-13-25)16-17-27(32)29-24-11-8-9-22(19-24)14-15-23-10-6-7-18-28-23/h3-15,18-19H,16-17H2,1-2H3,(H,29,32). The van der Waals surface area contributed by atoms with E-state index in [2.05, 4.69) is 22.3 Å². The van der Waals surface area contributed by atoms with Crippen LogP contribution in [0.5, 0.6) is 0 Å². The van der Waals surface area contributed by atoms with Crippen LogP contribution in [0.15, 0.2) is 79.0 Å². The lowest BCUT2D eigenvalue weighted by Gasteiger charge is -2.07. The molecule has 5 nitrogen and oxygen atoms in total. The Bertz CT molecular complexity index is 1230. The molecule has 0 saturated heterocycles. The summed E-state index contributed by atoms with van der Waals surface area (Å²) in [6.07, 6.45) is 6.76. The van der Waals surface area contributed by atoms with Crippen LogP contribution in [0.4, 0.5) is 5.69 Å². The normalized spacial score (nSPS) is 11.1. The number of carbonyl (C=O) groups is 1. The maximum Gasteiger partial charge on any atom is 0.224 e. The van der Waals surface area contributed by atoms with Crippen LogP contribution in [-0.4, -0.2) is 20.7 Å². The molecule has 0 aliphatic rings. The molecule has 0 bridgehead atoms. The number of hydrogen-bond donors (Lipinski definition) is 1. The molecule has 0 aliphatic carbocycles. The van der Waals surface area contributed by atoms with Gasteiger partial charge in [0.25, 0.3) is 0 Å². The number of nitrogens with zero attached hydrogens (tertiary/aromatic N) is 3. The first kappa shape index (κ1) is 21.2. The van der Waals surface area contributed by atoms with E-state index < -0.39 is 0 Å². The first-order valence-corrected chi connectivity index (χ1v) is 10.7. The number of aryl methyl sites for hydroxylation is 1. The smallest absolute Gasteiger partial charge is 0.224 e. The van der Waals surface area contributed by atoms with Crippen molar-refractivity contribution in [1.29, 1.82) is 0 Å². The van der Waals surface area contributed by atoms with Gasteiger partial charge in [-0.1, -0.05) is 42.5 Å². The quantitative estimate of drug-likeness (QED) is 0.420. The number of nitrogens with one attached hydrogen (secondary N) is 1. The SMILES string of the molecule is Cc1nn(-c2ccccc2)c(C)c1CCC(=O)Nc1cccc(C=Cc2ccccn2)c1. The molecule has 4 aromatic rings. The lowest BCUT2D eigenvalue weighted by molar-refractivity contribution is -0.116. The number of rotatable bonds is 7. The molecule has 5 heteroatoms. The zero-order chi connectivity index (χ0) is 22.3. The molecule has 1 N–H and O–H groups in total. The van der Waals surface area contributed by atoms with Crippen molar-refractivity contribution in [3.8, 4) is 5.69 Å². The van der Waals surface area contributed by atoms with E-state index in [4.69, 9.17) is 0 Å². The molecule has 4 rings (SSSR count). The van der Waals surface area contributed by atoms with Crippen LogP contribution in [0.2, 0.25) is 0 Å². The Hall–Kier alpha value is -3.99. The van der Waals surface area contributed by atoms with E-state index in [-0.39, 0.29) is 5.91 Å². The minimum Gasteiger partial charge on any atom is -0.326 e. The third-order valence-corrected chi connectivity index (χ3v) is 5.35. The topological polar surface area (TPSA) is 59.8 Å². The number of amides is 1. The van der Waals surface area contributed by atoms with E-state index >= 15 is 0 Å². The Morgan fingerprint density at radius 1 is 0.969 bits per heavy atom. The third-order valence-electron chi connectivity index (χ3n) is 5.35. The monoisotopic (exact) mass is 422 g/mol. The summed E-state index contributed by atoms with van der Waals surface area (Å²) >= 11 is 0. The first-order valence-electron chi connectivity index (χ1n) is 10.7. The largest absolute Gasteiger partial charge is 0.326 e. The van der Waals surface area contributed by atoms with Crippen molar-refractivity contribution < 1.29 is 4.79 Å². The van der Waals surface area contributed by atoms with Crippen LogP contribution in [-0.2, 0) is 11.2 Å². The predicted octanol–water partition coefficient (Wildman–Crippen LogP) is 5.63. The molecule has 1 amide bonds. The molecule has 32 heavy (non-hydrogen) atoms. The molecular formula is C27H26N4O. The van der Waals surface area contributed by atoms with E-state index in [9.17, 15) is 4.79 Å². The molecule has 0 aliphatic heterocycles. The van der Waals surface area contributed by atoms with Gasteiger partial charge in [-0.2, -0.15) is 5.10 Å². The van der Waals surface area contributed by atoms with E-state index in [1.807, 2.05) is 96.6 Å². The van der Waals surface area contributed by atoms with Gasteiger partial charge in [-0.3, -0.25) is 9.78 Å². The summed E-state index contributed by atoms with van der Waals surface area (Å²) in [5.74, 6) is -0.0119. The second kappa shape index (κ2) is 9.88. The first-order chi connectivity index (χ1) is 15.6. The minimum atomic E-state index is -0.0119. The van der Waals surface area contributed by atoms with Crippen molar-refractivity contribution in [2.45, 2.75) is 26.7 Å². The minimum absolute atomic E-state index is 0.0119. The van der Waals surface area contributed by atoms with Crippen LogP contribution in [0.1, 0.15) is 34.6 Å². The van der Waals surface area contributed by atoms with Gasteiger partial charge in [0.1, 0.15) is 0 Å². The summed E-state index contributed by atoms with van der Waals surface area (Å²) < 4.78 is 1.94. The summed E-state index contributed by atoms with van der Waals surface area (Å²) in [4.78, 5) is 16.9. The van der Waals surface area contributed by atoms with E-state index in [0.29, 0.717) is 12.8 Å². The van der Waals surface area contributed by atoms with Crippen molar-refractivity contribution in [2.75, 3.05) is 5.32 Å². The zero-order valence-corrected chi connectivity index (χ0v) is 18.3. The number of carbonyl (C=O) groups excluding carboxylic acids is 1. The van der Waals surface area contributed by atoms with Gasteiger partial charge >= 0.3 is 0 Å². The predicted molar refractivity (Wildman–Crippen MR) is 130 cm³/mol. The van der Waals surface area contributed by atoms with Crippen molar-refractivity contribution >= 4 is 23.7 Å². The highest BCUT2D eigenvalue weighted by Gasteiger charge is 2.14. The van der Waals surface area contributed by atoms with Crippen LogP contribution in [0.25, 0.3) is 17.8 Å². The van der Waals surface area contributed by atoms with Crippen molar-refractivity contribution in [2.24, 2.45) is 0 Å². The molecular weight excluding hydrogens is 396 g/mol. The average Bonchev–Trinajstić information content (AvgIpc) is 3.11. The second-order valence-corrected chi connectivity index (χ2v) is 7.66. The van der Waals surface area contributed by atoms with Crippen molar-refractivity contribution in [1.82, 2.24) is 14.8 Å². The van der Waals surface area contributed by atoms with Crippen molar-refractivity contribution in [3.05, 3.63) is 107 Å². The number of benzene rings is 2. The van der Waals surface area contributed by atoms with Crippen LogP contribution in [0, 0.1) is 13.8 Å². The summed E-state index contributed by atoms with van der Waals surface area (Å²) in [5.41, 5.74) is 6.86. The second-order valence-electron chi connectivity index (χ2n) is 7.66. The summed E-state index contributed by atoms with van der Waals surface area (Å²) in [7, 11) is 0. The Kier molecular flexibility index (Phi) is 6.56. The van der Waals surface area contributed by atoms with Gasteiger partial charge in [0.05, 0.1) is 17.1 Å². The van der Waals surface area contributed by atoms with Gasteiger partial charge in [-0.05, 0) is 73.9 Å². The summed E-state index contributed by atoms with van der Waals surface area (Å²) in [6, 6.07) is 23.6. The number of para-hydroxylation sites is 1. The maximum atomic E-state index is 12.6. The van der Waals surface area contributed by atoms with Gasteiger partial charge in [-0.25, -0.2) is 4.68 Å². The molecule has 0 saturated carbocycles. The van der Waals surface area contributed by atoms with E-state index in [1.54, 1.807) is 6.20 Å². The van der Waals surface area contributed by atoms with Gasteiger partial charge in [0.2, 0.25) is 5.91 Å². The number of pyridine rings is 1. The third kappa shape index (κ3) is 5.19. The number of aromatic nitrogens is 3. The molecule has 0 unspecified atom stereocenters. The number of hydrogen-bond acceptors (Lipinski definition) is 3. The molecule has 0 atom stereocenters. The average molecular weight is 423 g/mol. The molecule has 2 aromatic carbocycles. The fraction of sp³-hybridized carbons (Fsp3) is 0.148. The fourth-order valence-electron chi connectivity index (χ4n) is 3.70. The highest BCUT2D eigenvalue weighted by molar-refractivity contribution is 5.91. The highest BCUT2D eigenvalue weighted by Crippen LogP contribution is 2.20. The Morgan fingerprint density at radius 2 is 1.78 bits per heavy atom.